The van der Waals surface area contributed by atoms with Crippen molar-refractivity contribution < 1.29 is 4.74 Å². The van der Waals surface area contributed by atoms with Gasteiger partial charge < -0.3 is 10.1 Å². The van der Waals surface area contributed by atoms with Crippen molar-refractivity contribution in [3.05, 3.63) is 0 Å². The first kappa shape index (κ1) is 12.4. The molecule has 1 aliphatic heterocycles. The molecule has 2 nitrogen and oxygen atoms in total. The van der Waals surface area contributed by atoms with Crippen LogP contribution < -0.4 is 5.32 Å². The van der Waals surface area contributed by atoms with Gasteiger partial charge in [0.05, 0.1) is 12.2 Å². The smallest absolute Gasteiger partial charge is 0.0802 e. The second-order valence-corrected chi connectivity index (χ2v) is 6.59. The molecular weight excluding hydrogens is 198 g/mol. The second kappa shape index (κ2) is 4.30. The zero-order valence-corrected chi connectivity index (χ0v) is 11.3. The molecule has 94 valence electrons. The van der Waals surface area contributed by atoms with Crippen LogP contribution in [0.25, 0.3) is 0 Å². The number of morpholine rings is 1. The molecule has 2 rings (SSSR count). The van der Waals surface area contributed by atoms with Gasteiger partial charge in [-0.15, -0.1) is 0 Å². The summed E-state index contributed by atoms with van der Waals surface area (Å²) in [4.78, 5) is 0. The van der Waals surface area contributed by atoms with Crippen molar-refractivity contribution in [3.63, 3.8) is 0 Å². The minimum Gasteiger partial charge on any atom is -0.372 e. The third-order valence-corrected chi connectivity index (χ3v) is 4.81. The Balaban J connectivity index is 1.98. The Hall–Kier alpha value is -0.0800. The molecular formula is C14H27NO. The number of ether oxygens (including phenoxy) is 1. The van der Waals surface area contributed by atoms with Gasteiger partial charge in [0.25, 0.3) is 0 Å². The lowest BCUT2D eigenvalue weighted by Gasteiger charge is -2.50. The van der Waals surface area contributed by atoms with Gasteiger partial charge in [-0.05, 0) is 31.6 Å². The largest absolute Gasteiger partial charge is 0.372 e. The monoisotopic (exact) mass is 225 g/mol. The highest BCUT2D eigenvalue weighted by Crippen LogP contribution is 2.37. The first-order valence-electron chi connectivity index (χ1n) is 6.85. The molecule has 0 radical (unpaired) electrons. The molecule has 1 saturated heterocycles. The topological polar surface area (TPSA) is 21.3 Å². The van der Waals surface area contributed by atoms with Crippen molar-refractivity contribution in [1.82, 2.24) is 5.32 Å². The Kier molecular flexibility index (Phi) is 3.33. The third kappa shape index (κ3) is 2.28. The van der Waals surface area contributed by atoms with Crippen LogP contribution in [0.5, 0.6) is 0 Å². The summed E-state index contributed by atoms with van der Waals surface area (Å²) < 4.78 is 6.21. The van der Waals surface area contributed by atoms with Crippen LogP contribution in [0.15, 0.2) is 0 Å². The molecule has 3 atom stereocenters. The molecule has 1 spiro atoms. The van der Waals surface area contributed by atoms with E-state index < -0.39 is 0 Å². The highest BCUT2D eigenvalue weighted by Gasteiger charge is 2.43. The van der Waals surface area contributed by atoms with Gasteiger partial charge in [-0.3, -0.25) is 0 Å². The van der Waals surface area contributed by atoms with Crippen LogP contribution in [0.2, 0.25) is 0 Å². The van der Waals surface area contributed by atoms with Crippen LogP contribution in [0.3, 0.4) is 0 Å². The Morgan fingerprint density at radius 3 is 2.62 bits per heavy atom. The third-order valence-electron chi connectivity index (χ3n) is 4.81. The van der Waals surface area contributed by atoms with Crippen LogP contribution in [0.4, 0.5) is 0 Å². The minimum atomic E-state index is 0.0337. The molecule has 0 amide bonds. The zero-order chi connectivity index (χ0) is 11.8. The average molecular weight is 225 g/mol. The maximum atomic E-state index is 6.21. The number of nitrogens with one attached hydrogen (secondary N) is 1. The molecule has 0 aromatic heterocycles. The maximum Gasteiger partial charge on any atom is 0.0802 e. The summed E-state index contributed by atoms with van der Waals surface area (Å²) in [5, 5.41) is 3.81. The van der Waals surface area contributed by atoms with Crippen LogP contribution in [-0.2, 0) is 4.74 Å². The first-order chi connectivity index (χ1) is 7.46. The molecule has 2 aliphatic rings. The van der Waals surface area contributed by atoms with E-state index in [4.69, 9.17) is 4.74 Å². The fourth-order valence-corrected chi connectivity index (χ4v) is 3.09. The second-order valence-electron chi connectivity index (χ2n) is 6.59. The van der Waals surface area contributed by atoms with E-state index in [0.29, 0.717) is 11.5 Å². The molecule has 1 N–H and O–H groups in total. The van der Waals surface area contributed by atoms with E-state index in [0.717, 1.165) is 19.1 Å². The average Bonchev–Trinajstić information content (AvgIpc) is 2.23. The molecule has 0 aromatic rings. The van der Waals surface area contributed by atoms with Gasteiger partial charge in [0.2, 0.25) is 0 Å². The molecule has 3 unspecified atom stereocenters. The predicted molar refractivity (Wildman–Crippen MR) is 67.6 cm³/mol. The van der Waals surface area contributed by atoms with E-state index in [1.54, 1.807) is 0 Å². The van der Waals surface area contributed by atoms with Crippen molar-refractivity contribution in [2.75, 3.05) is 13.2 Å². The van der Waals surface area contributed by atoms with Crippen LogP contribution in [0, 0.1) is 11.8 Å². The molecule has 0 bridgehead atoms. The standard InChI is InChI=1S/C14H27NO/c1-11(2)13(4)9-15-14(10-16-13)7-5-6-12(3)8-14/h11-12,15H,5-10H2,1-4H3. The molecule has 1 heterocycles. The summed E-state index contributed by atoms with van der Waals surface area (Å²) in [6.07, 6.45) is 5.34. The zero-order valence-electron chi connectivity index (χ0n) is 11.3. The van der Waals surface area contributed by atoms with Crippen LogP contribution >= 0.6 is 0 Å². The molecule has 2 heteroatoms. The van der Waals surface area contributed by atoms with Crippen LogP contribution in [-0.4, -0.2) is 24.3 Å². The maximum absolute atomic E-state index is 6.21. The van der Waals surface area contributed by atoms with Gasteiger partial charge in [0.1, 0.15) is 0 Å². The van der Waals surface area contributed by atoms with Gasteiger partial charge in [-0.2, -0.15) is 0 Å². The number of hydrogen-bond acceptors (Lipinski definition) is 2. The van der Waals surface area contributed by atoms with Crippen molar-refractivity contribution >= 4 is 0 Å². The molecule has 2 fully saturated rings. The molecule has 1 saturated carbocycles. The van der Waals surface area contributed by atoms with Gasteiger partial charge in [0.15, 0.2) is 0 Å². The SMILES string of the molecule is CC1CCCC2(COC(C)(C(C)C)CN2)C1. The van der Waals surface area contributed by atoms with Crippen molar-refractivity contribution in [2.24, 2.45) is 11.8 Å². The summed E-state index contributed by atoms with van der Waals surface area (Å²) in [6, 6.07) is 0. The van der Waals surface area contributed by atoms with Gasteiger partial charge >= 0.3 is 0 Å². The van der Waals surface area contributed by atoms with Crippen LogP contribution in [0.1, 0.15) is 53.4 Å². The molecule has 0 aromatic carbocycles. The molecule has 1 aliphatic carbocycles. The fraction of sp³-hybridized carbons (Fsp3) is 1.00. The lowest BCUT2D eigenvalue weighted by atomic mass is 9.75. The predicted octanol–water partition coefficient (Wildman–Crippen LogP) is 2.97. The Morgan fingerprint density at radius 2 is 2.12 bits per heavy atom. The quantitative estimate of drug-likeness (QED) is 0.741. The Bertz CT molecular complexity index is 241. The van der Waals surface area contributed by atoms with E-state index in [1.165, 1.54) is 25.7 Å². The van der Waals surface area contributed by atoms with Crippen molar-refractivity contribution in [1.29, 1.82) is 0 Å². The summed E-state index contributed by atoms with van der Waals surface area (Å²) >= 11 is 0. The van der Waals surface area contributed by atoms with Crippen molar-refractivity contribution in [2.45, 2.75) is 64.5 Å². The van der Waals surface area contributed by atoms with Gasteiger partial charge in [0, 0.05) is 12.1 Å². The van der Waals surface area contributed by atoms with E-state index in [1.807, 2.05) is 0 Å². The summed E-state index contributed by atoms with van der Waals surface area (Å²) in [5.41, 5.74) is 0.331. The normalized spacial score (nSPS) is 45.2. The lowest BCUT2D eigenvalue weighted by Crippen LogP contribution is -2.63. The Labute approximate surface area is 100 Å². The summed E-state index contributed by atoms with van der Waals surface area (Å²) in [5.74, 6) is 1.44. The highest BCUT2D eigenvalue weighted by atomic mass is 16.5. The lowest BCUT2D eigenvalue weighted by molar-refractivity contribution is -0.132. The van der Waals surface area contributed by atoms with E-state index in [9.17, 15) is 0 Å². The van der Waals surface area contributed by atoms with Crippen molar-refractivity contribution in [3.8, 4) is 0 Å². The summed E-state index contributed by atoms with van der Waals surface area (Å²) in [7, 11) is 0. The van der Waals surface area contributed by atoms with E-state index in [-0.39, 0.29) is 5.60 Å². The van der Waals surface area contributed by atoms with Gasteiger partial charge in [-0.1, -0.05) is 33.6 Å². The molecule has 16 heavy (non-hydrogen) atoms. The number of hydrogen-bond donors (Lipinski definition) is 1. The highest BCUT2D eigenvalue weighted by molar-refractivity contribution is 4.99. The fourth-order valence-electron chi connectivity index (χ4n) is 3.09. The summed E-state index contributed by atoms with van der Waals surface area (Å²) in [6.45, 7) is 11.0. The van der Waals surface area contributed by atoms with E-state index >= 15 is 0 Å². The Morgan fingerprint density at radius 1 is 1.38 bits per heavy atom. The van der Waals surface area contributed by atoms with Gasteiger partial charge in [-0.25, -0.2) is 0 Å². The number of rotatable bonds is 1. The van der Waals surface area contributed by atoms with E-state index in [2.05, 4.69) is 33.0 Å². The first-order valence-corrected chi connectivity index (χ1v) is 6.85. The minimum absolute atomic E-state index is 0.0337.